The first kappa shape index (κ1) is 11.7. The maximum Gasteiger partial charge on any atom is 0.217 e. The van der Waals surface area contributed by atoms with Crippen molar-refractivity contribution >= 4 is 27.9 Å². The fourth-order valence-corrected chi connectivity index (χ4v) is 1.26. The molecular weight excluding hydrogens is 260 g/mol. The van der Waals surface area contributed by atoms with Crippen LogP contribution in [0.4, 0.5) is 0 Å². The van der Waals surface area contributed by atoms with Crippen LogP contribution in [0.15, 0.2) is 22.8 Å². The van der Waals surface area contributed by atoms with Crippen molar-refractivity contribution in [1.29, 1.82) is 0 Å². The van der Waals surface area contributed by atoms with Crippen LogP contribution in [0, 0.1) is 0 Å². The quantitative estimate of drug-likeness (QED) is 0.822. The van der Waals surface area contributed by atoms with Crippen LogP contribution in [0.25, 0.3) is 6.08 Å². The van der Waals surface area contributed by atoms with Gasteiger partial charge in [-0.15, -0.1) is 0 Å². The van der Waals surface area contributed by atoms with Crippen molar-refractivity contribution in [2.75, 3.05) is 6.54 Å². The Morgan fingerprint density at radius 2 is 2.40 bits per heavy atom. The van der Waals surface area contributed by atoms with Gasteiger partial charge < -0.3 is 10.4 Å². The van der Waals surface area contributed by atoms with Gasteiger partial charge in [0.15, 0.2) is 0 Å². The highest BCUT2D eigenvalue weighted by atomic mass is 79.9. The molecule has 1 rings (SSSR count). The summed E-state index contributed by atoms with van der Waals surface area (Å²) in [4.78, 5) is 14.6. The van der Waals surface area contributed by atoms with Gasteiger partial charge in [-0.2, -0.15) is 0 Å². The van der Waals surface area contributed by atoms with Gasteiger partial charge in [0, 0.05) is 13.5 Å². The number of halogens is 1. The predicted molar refractivity (Wildman–Crippen MR) is 61.3 cm³/mol. The lowest BCUT2D eigenvalue weighted by Gasteiger charge is -1.99. The van der Waals surface area contributed by atoms with Crippen molar-refractivity contribution < 1.29 is 9.90 Å². The highest BCUT2D eigenvalue weighted by Crippen LogP contribution is 2.18. The van der Waals surface area contributed by atoms with Crippen LogP contribution in [-0.4, -0.2) is 22.5 Å². The second kappa shape index (κ2) is 5.50. The molecule has 0 fully saturated rings. The summed E-state index contributed by atoms with van der Waals surface area (Å²) >= 11 is 3.20. The van der Waals surface area contributed by atoms with Crippen molar-refractivity contribution in [2.45, 2.75) is 6.92 Å². The van der Waals surface area contributed by atoms with E-state index >= 15 is 0 Å². The van der Waals surface area contributed by atoms with Crippen molar-refractivity contribution in [2.24, 2.45) is 0 Å². The van der Waals surface area contributed by atoms with Gasteiger partial charge in [-0.05, 0) is 34.1 Å². The minimum atomic E-state index is -0.0916. The Hall–Kier alpha value is -1.36. The molecule has 0 unspecified atom stereocenters. The zero-order valence-electron chi connectivity index (χ0n) is 8.20. The molecule has 0 spiro atoms. The molecule has 1 aromatic heterocycles. The summed E-state index contributed by atoms with van der Waals surface area (Å²) in [5.41, 5.74) is 0.467. The molecule has 80 valence electrons. The molecule has 0 radical (unpaired) electrons. The number of nitrogens with zero attached hydrogens (tertiary/aromatic N) is 1. The van der Waals surface area contributed by atoms with E-state index in [0.717, 1.165) is 0 Å². The molecule has 5 heteroatoms. The third kappa shape index (κ3) is 4.12. The molecule has 15 heavy (non-hydrogen) atoms. The van der Waals surface area contributed by atoms with Crippen molar-refractivity contribution in [3.63, 3.8) is 0 Å². The number of carbonyl (C=O) groups excluding carboxylic acids is 1. The van der Waals surface area contributed by atoms with Crippen LogP contribution in [-0.2, 0) is 4.79 Å². The third-order valence-corrected chi connectivity index (χ3v) is 2.05. The third-order valence-electron chi connectivity index (χ3n) is 1.61. The van der Waals surface area contributed by atoms with Crippen LogP contribution >= 0.6 is 15.9 Å². The van der Waals surface area contributed by atoms with Crippen LogP contribution < -0.4 is 5.32 Å². The highest BCUT2D eigenvalue weighted by Gasteiger charge is 1.98. The van der Waals surface area contributed by atoms with E-state index < -0.39 is 0 Å². The number of pyridine rings is 1. The molecule has 0 aromatic carbocycles. The summed E-state index contributed by atoms with van der Waals surface area (Å²) in [5, 5.41) is 12.0. The Morgan fingerprint density at radius 1 is 1.67 bits per heavy atom. The van der Waals surface area contributed by atoms with E-state index in [-0.39, 0.29) is 11.7 Å². The fraction of sp³-hybridized carbons (Fsp3) is 0.200. The SMILES string of the molecule is CC(=O)NCC=Cc1nc(Br)ccc1O. The monoisotopic (exact) mass is 270 g/mol. The van der Waals surface area contributed by atoms with E-state index in [1.807, 2.05) is 0 Å². The molecule has 0 bridgehead atoms. The Bertz CT molecular complexity index is 391. The zero-order chi connectivity index (χ0) is 11.3. The molecule has 0 aliphatic carbocycles. The number of hydrogen-bond donors (Lipinski definition) is 2. The van der Waals surface area contributed by atoms with E-state index in [2.05, 4.69) is 26.2 Å². The molecule has 0 aliphatic rings. The molecule has 2 N–H and O–H groups in total. The minimum Gasteiger partial charge on any atom is -0.506 e. The normalized spacial score (nSPS) is 10.5. The number of carbonyl (C=O) groups is 1. The van der Waals surface area contributed by atoms with Gasteiger partial charge in [0.1, 0.15) is 16.0 Å². The second-order valence-corrected chi connectivity index (χ2v) is 3.69. The van der Waals surface area contributed by atoms with E-state index in [1.54, 1.807) is 24.3 Å². The summed E-state index contributed by atoms with van der Waals surface area (Å²) in [6.45, 7) is 1.87. The van der Waals surface area contributed by atoms with Gasteiger partial charge in [-0.3, -0.25) is 4.79 Å². The molecular formula is C10H11BrN2O2. The van der Waals surface area contributed by atoms with Gasteiger partial charge in [-0.1, -0.05) is 6.08 Å². The van der Waals surface area contributed by atoms with Crippen LogP contribution in [0.5, 0.6) is 5.75 Å². The molecule has 1 heterocycles. The Kier molecular flexibility index (Phi) is 4.30. The number of hydrogen-bond acceptors (Lipinski definition) is 3. The Labute approximate surface area is 96.2 Å². The van der Waals surface area contributed by atoms with E-state index in [4.69, 9.17) is 0 Å². The zero-order valence-corrected chi connectivity index (χ0v) is 9.78. The molecule has 1 aromatic rings. The fourth-order valence-electron chi connectivity index (χ4n) is 0.939. The summed E-state index contributed by atoms with van der Waals surface area (Å²) in [5.74, 6) is 0.0170. The number of rotatable bonds is 3. The molecule has 0 saturated heterocycles. The first-order valence-corrected chi connectivity index (χ1v) is 5.15. The van der Waals surface area contributed by atoms with Crippen LogP contribution in [0.2, 0.25) is 0 Å². The maximum atomic E-state index is 10.6. The molecule has 0 atom stereocenters. The standard InChI is InChI=1S/C10H11BrN2O2/c1-7(14)12-6-2-3-8-9(15)4-5-10(11)13-8/h2-5,15H,6H2,1H3,(H,12,14). The van der Waals surface area contributed by atoms with Gasteiger partial charge in [0.25, 0.3) is 0 Å². The molecule has 0 aliphatic heterocycles. The number of aromatic nitrogens is 1. The summed E-state index contributed by atoms with van der Waals surface area (Å²) in [6.07, 6.45) is 3.37. The lowest BCUT2D eigenvalue weighted by molar-refractivity contribution is -0.118. The molecule has 1 amide bonds. The van der Waals surface area contributed by atoms with Crippen molar-refractivity contribution in [3.8, 4) is 5.75 Å². The van der Waals surface area contributed by atoms with Gasteiger partial charge in [-0.25, -0.2) is 4.98 Å². The average molecular weight is 271 g/mol. The summed E-state index contributed by atoms with van der Waals surface area (Å²) in [7, 11) is 0. The van der Waals surface area contributed by atoms with Crippen LogP contribution in [0.1, 0.15) is 12.6 Å². The second-order valence-electron chi connectivity index (χ2n) is 2.88. The number of nitrogens with one attached hydrogen (secondary N) is 1. The number of aromatic hydroxyl groups is 1. The number of amides is 1. The van der Waals surface area contributed by atoms with Gasteiger partial charge in [0.2, 0.25) is 5.91 Å². The first-order chi connectivity index (χ1) is 7.09. The van der Waals surface area contributed by atoms with E-state index in [1.165, 1.54) is 6.92 Å². The van der Waals surface area contributed by atoms with Crippen molar-refractivity contribution in [1.82, 2.24) is 10.3 Å². The van der Waals surface area contributed by atoms with Gasteiger partial charge in [0.05, 0.1) is 0 Å². The highest BCUT2D eigenvalue weighted by molar-refractivity contribution is 9.10. The van der Waals surface area contributed by atoms with Crippen molar-refractivity contribution in [3.05, 3.63) is 28.5 Å². The summed E-state index contributed by atoms with van der Waals surface area (Å²) < 4.78 is 0.652. The Morgan fingerprint density at radius 3 is 3.07 bits per heavy atom. The van der Waals surface area contributed by atoms with Crippen LogP contribution in [0.3, 0.4) is 0 Å². The molecule has 0 saturated carbocycles. The largest absolute Gasteiger partial charge is 0.506 e. The average Bonchev–Trinajstić information content (AvgIpc) is 2.17. The maximum absolute atomic E-state index is 10.6. The lowest BCUT2D eigenvalue weighted by atomic mass is 10.3. The predicted octanol–water partition coefficient (Wildman–Crippen LogP) is 1.70. The van der Waals surface area contributed by atoms with E-state index in [9.17, 15) is 9.90 Å². The lowest BCUT2D eigenvalue weighted by Crippen LogP contribution is -2.19. The Balaban J connectivity index is 2.63. The van der Waals surface area contributed by atoms with E-state index in [0.29, 0.717) is 16.8 Å². The topological polar surface area (TPSA) is 62.2 Å². The molecule has 4 nitrogen and oxygen atoms in total. The minimum absolute atomic E-state index is 0.0916. The first-order valence-electron chi connectivity index (χ1n) is 4.36. The summed E-state index contributed by atoms with van der Waals surface area (Å²) in [6, 6.07) is 3.20. The smallest absolute Gasteiger partial charge is 0.217 e. The van der Waals surface area contributed by atoms with Gasteiger partial charge >= 0.3 is 0 Å².